The molecule has 0 bridgehead atoms. The van der Waals surface area contributed by atoms with Crippen LogP contribution in [0.5, 0.6) is 0 Å². The van der Waals surface area contributed by atoms with E-state index in [2.05, 4.69) is 11.1 Å². The minimum atomic E-state index is -3.18. The minimum absolute atomic E-state index is 0.531. The molecule has 1 saturated heterocycles. The van der Waals surface area contributed by atoms with Crippen LogP contribution in [-0.4, -0.2) is 33.7 Å². The van der Waals surface area contributed by atoms with Crippen LogP contribution in [0.3, 0.4) is 0 Å². The number of pyridine rings is 1. The minimum Gasteiger partial charge on any atom is -0.461 e. The van der Waals surface area contributed by atoms with E-state index in [0.29, 0.717) is 11.3 Å². The first-order valence-corrected chi connectivity index (χ1v) is 10.4. The second-order valence-corrected chi connectivity index (χ2v) is 8.51. The van der Waals surface area contributed by atoms with Gasteiger partial charge in [0.2, 0.25) is 0 Å². The van der Waals surface area contributed by atoms with Crippen molar-refractivity contribution in [3.8, 4) is 17.2 Å². The molecule has 4 rings (SSSR count). The number of aromatic nitrogens is 1. The smallest absolute Gasteiger partial charge is 0.329 e. The fourth-order valence-corrected chi connectivity index (χ4v) is 4.99. The molecule has 1 saturated carbocycles. The van der Waals surface area contributed by atoms with Gasteiger partial charge in [0, 0.05) is 35.6 Å². The van der Waals surface area contributed by atoms with E-state index in [1.165, 1.54) is 6.92 Å². The van der Waals surface area contributed by atoms with Gasteiger partial charge in [0.05, 0.1) is 17.3 Å². The van der Waals surface area contributed by atoms with Gasteiger partial charge in [-0.2, -0.15) is 10.7 Å². The van der Waals surface area contributed by atoms with Crippen LogP contribution in [0, 0.1) is 29.1 Å². The number of esters is 1. The summed E-state index contributed by atoms with van der Waals surface area (Å²) in [6.07, 6.45) is 3.44. The van der Waals surface area contributed by atoms with Gasteiger partial charge >= 0.3 is 5.97 Å². The summed E-state index contributed by atoms with van der Waals surface area (Å²) in [5.41, 5.74) is 2.63. The molecular weight excluding hydrogens is 416 g/mol. The van der Waals surface area contributed by atoms with E-state index in [9.17, 15) is 24.0 Å². The fraction of sp³-hybridized carbons (Fsp3) is 0.375. The molecule has 6 nitrogen and oxygen atoms in total. The molecule has 8 heteroatoms. The number of rotatable bonds is 4. The average Bonchev–Trinajstić information content (AvgIpc) is 3.03. The number of hydrogen-bond donors (Lipinski definition) is 2. The Labute approximate surface area is 184 Å². The van der Waals surface area contributed by atoms with E-state index in [1.807, 2.05) is 23.7 Å². The maximum absolute atomic E-state index is 14.8. The Morgan fingerprint density at radius 3 is 2.69 bits per heavy atom. The van der Waals surface area contributed by atoms with E-state index in [0.717, 1.165) is 11.1 Å². The summed E-state index contributed by atoms with van der Waals surface area (Å²) in [5.74, 6) is -6.50. The normalized spacial score (nSPS) is 31.2. The van der Waals surface area contributed by atoms with Gasteiger partial charge in [0.1, 0.15) is 6.10 Å². The molecule has 2 heterocycles. The summed E-state index contributed by atoms with van der Waals surface area (Å²) in [6.45, 7) is 3.10. The van der Waals surface area contributed by atoms with Gasteiger partial charge in [-0.1, -0.05) is 37.3 Å². The van der Waals surface area contributed by atoms with Gasteiger partial charge in [-0.3, -0.25) is 4.98 Å². The number of hydroxylamine groups is 1. The van der Waals surface area contributed by atoms with Crippen LogP contribution in [0.2, 0.25) is 0 Å². The first kappa shape index (κ1) is 22.1. The SMILES string of the molecule is C[C@H]1OC(=O)[C@]2(NO)CC(F)(F)[C@@H](C)[C@H](/C=C/c3ccc(-c4ccccc4C#N)cn3)[C@H]12. The number of carbonyl (C=O) groups excluding carboxylic acids is 1. The average molecular weight is 439 g/mol. The molecule has 2 aromatic rings. The molecule has 0 amide bonds. The molecule has 1 aliphatic carbocycles. The quantitative estimate of drug-likeness (QED) is 0.548. The van der Waals surface area contributed by atoms with Gasteiger partial charge in [0.25, 0.3) is 5.92 Å². The van der Waals surface area contributed by atoms with Crippen LogP contribution in [-0.2, 0) is 9.53 Å². The Balaban J connectivity index is 1.64. The van der Waals surface area contributed by atoms with Crippen LogP contribution in [0.25, 0.3) is 17.2 Å². The zero-order valence-corrected chi connectivity index (χ0v) is 17.6. The Hall–Kier alpha value is -3.15. The summed E-state index contributed by atoms with van der Waals surface area (Å²) >= 11 is 0. The van der Waals surface area contributed by atoms with E-state index in [-0.39, 0.29) is 0 Å². The Morgan fingerprint density at radius 2 is 2.03 bits per heavy atom. The third-order valence-corrected chi connectivity index (χ3v) is 6.74. The molecule has 32 heavy (non-hydrogen) atoms. The maximum atomic E-state index is 14.8. The zero-order chi connectivity index (χ0) is 23.1. The summed E-state index contributed by atoms with van der Waals surface area (Å²) < 4.78 is 34.9. The van der Waals surface area contributed by atoms with E-state index < -0.39 is 47.7 Å². The fourth-order valence-electron chi connectivity index (χ4n) is 4.99. The van der Waals surface area contributed by atoms with Crippen molar-refractivity contribution in [1.29, 1.82) is 5.26 Å². The Kier molecular flexibility index (Phi) is 5.57. The van der Waals surface area contributed by atoms with Crippen LogP contribution in [0.15, 0.2) is 48.7 Å². The summed E-state index contributed by atoms with van der Waals surface area (Å²) in [4.78, 5) is 16.8. The zero-order valence-electron chi connectivity index (χ0n) is 17.6. The number of ether oxygens (including phenoxy) is 1. The number of carbonyl (C=O) groups is 1. The number of allylic oxidation sites excluding steroid dienone is 1. The van der Waals surface area contributed by atoms with Crippen molar-refractivity contribution < 1.29 is 23.5 Å². The molecule has 1 aromatic carbocycles. The molecule has 2 N–H and O–H groups in total. The number of halogens is 2. The highest BCUT2D eigenvalue weighted by Crippen LogP contribution is 2.54. The number of nitriles is 1. The molecule has 0 spiro atoms. The molecule has 0 unspecified atom stereocenters. The van der Waals surface area contributed by atoms with Crippen molar-refractivity contribution in [2.45, 2.75) is 37.8 Å². The van der Waals surface area contributed by atoms with Crippen molar-refractivity contribution in [3.05, 3.63) is 59.9 Å². The lowest BCUT2D eigenvalue weighted by atomic mass is 9.61. The third-order valence-electron chi connectivity index (χ3n) is 6.74. The lowest BCUT2D eigenvalue weighted by Crippen LogP contribution is -2.64. The monoisotopic (exact) mass is 439 g/mol. The highest BCUT2D eigenvalue weighted by atomic mass is 19.3. The largest absolute Gasteiger partial charge is 0.461 e. The molecule has 166 valence electrons. The number of fused-ring (bicyclic) bond motifs is 1. The van der Waals surface area contributed by atoms with Gasteiger partial charge in [-0.05, 0) is 31.1 Å². The first-order chi connectivity index (χ1) is 15.2. The van der Waals surface area contributed by atoms with Gasteiger partial charge < -0.3 is 9.94 Å². The maximum Gasteiger partial charge on any atom is 0.329 e. The van der Waals surface area contributed by atoms with Crippen LogP contribution in [0.1, 0.15) is 31.5 Å². The van der Waals surface area contributed by atoms with E-state index in [1.54, 1.807) is 43.5 Å². The second kappa shape index (κ2) is 8.08. The number of nitrogens with one attached hydrogen (secondary N) is 1. The molecule has 5 atom stereocenters. The van der Waals surface area contributed by atoms with Crippen LogP contribution < -0.4 is 5.48 Å². The van der Waals surface area contributed by atoms with Gasteiger partial charge in [0.15, 0.2) is 5.54 Å². The highest BCUT2D eigenvalue weighted by molar-refractivity contribution is 5.84. The van der Waals surface area contributed by atoms with Crippen molar-refractivity contribution in [3.63, 3.8) is 0 Å². The van der Waals surface area contributed by atoms with Crippen molar-refractivity contribution in [2.75, 3.05) is 0 Å². The summed E-state index contributed by atoms with van der Waals surface area (Å²) in [7, 11) is 0. The first-order valence-electron chi connectivity index (χ1n) is 10.4. The number of alkyl halides is 2. The van der Waals surface area contributed by atoms with Gasteiger partial charge in [-0.25, -0.2) is 13.6 Å². The van der Waals surface area contributed by atoms with E-state index >= 15 is 0 Å². The summed E-state index contributed by atoms with van der Waals surface area (Å²) in [6, 6.07) is 12.9. The predicted molar refractivity (Wildman–Crippen MR) is 112 cm³/mol. The lowest BCUT2D eigenvalue weighted by molar-refractivity contribution is -0.172. The summed E-state index contributed by atoms with van der Waals surface area (Å²) in [5, 5.41) is 19.0. The molecule has 1 aliphatic heterocycles. The number of cyclic esters (lactones) is 1. The molecular formula is C24H23F2N3O3. The van der Waals surface area contributed by atoms with Crippen molar-refractivity contribution in [2.24, 2.45) is 17.8 Å². The number of benzene rings is 1. The molecule has 0 radical (unpaired) electrons. The standard InChI is InChI=1S/C24H23F2N3O3/c1-14-19(21-15(2)32-22(30)23(21,29-31)13-24(14,25)26)10-9-18-8-7-17(12-28-18)20-6-4-3-5-16(20)11-27/h3-10,12,14-15,19,21,29,31H,13H2,1-2H3/b10-9+/t14-,15+,19-,21-,23-/m0/s1. The number of nitrogens with zero attached hydrogens (tertiary/aromatic N) is 2. The molecule has 2 aliphatic rings. The van der Waals surface area contributed by atoms with Gasteiger partial charge in [-0.15, -0.1) is 0 Å². The van der Waals surface area contributed by atoms with Crippen molar-refractivity contribution in [1.82, 2.24) is 10.5 Å². The lowest BCUT2D eigenvalue weighted by Gasteiger charge is -2.46. The molecule has 1 aromatic heterocycles. The Bertz CT molecular complexity index is 1100. The third kappa shape index (κ3) is 3.48. The van der Waals surface area contributed by atoms with Crippen LogP contribution in [0.4, 0.5) is 8.78 Å². The van der Waals surface area contributed by atoms with E-state index in [4.69, 9.17) is 4.74 Å². The highest BCUT2D eigenvalue weighted by Gasteiger charge is 2.68. The second-order valence-electron chi connectivity index (χ2n) is 8.51. The predicted octanol–water partition coefficient (Wildman–Crippen LogP) is 4.20. The van der Waals surface area contributed by atoms with Crippen molar-refractivity contribution >= 4 is 12.0 Å². The topological polar surface area (TPSA) is 95.2 Å². The van der Waals surface area contributed by atoms with Crippen LogP contribution >= 0.6 is 0 Å². The molecule has 2 fully saturated rings. The number of hydrogen-bond acceptors (Lipinski definition) is 6. The Morgan fingerprint density at radius 1 is 1.28 bits per heavy atom.